The average molecular weight is 226 g/mol. The number of halogens is 1. The van der Waals surface area contributed by atoms with Gasteiger partial charge in [0.05, 0.1) is 0 Å². The molecule has 0 atom stereocenters. The van der Waals surface area contributed by atoms with Crippen LogP contribution in [-0.4, -0.2) is 0 Å². The Kier molecular flexibility index (Phi) is 3.14. The number of benzene rings is 1. The largest absolute Gasteiger partial charge is 0.0613 e. The van der Waals surface area contributed by atoms with Crippen LogP contribution in [-0.2, 0) is 6.42 Å². The second-order valence-electron chi connectivity index (χ2n) is 2.32. The molecule has 0 fully saturated rings. The Morgan fingerprint density at radius 3 is 2.83 bits per heavy atom. The second kappa shape index (κ2) is 4.14. The number of hydrogen-bond donors (Lipinski definition) is 0. The molecule has 0 N–H and O–H groups in total. The zero-order chi connectivity index (χ0) is 8.97. The van der Waals surface area contributed by atoms with E-state index in [0.29, 0.717) is 5.69 Å². The predicted octanol–water partition coefficient (Wildman–Crippen LogP) is 3.95. The lowest BCUT2D eigenvalue weighted by molar-refractivity contribution is 1.13. The number of nitrogens with zero attached hydrogens (tertiary/aromatic N) is 3. The maximum absolute atomic E-state index is 8.18. The van der Waals surface area contributed by atoms with Crippen LogP contribution in [0.2, 0.25) is 0 Å². The van der Waals surface area contributed by atoms with Gasteiger partial charge in [-0.25, -0.2) is 0 Å². The Labute approximate surface area is 79.2 Å². The number of rotatable bonds is 2. The smallest absolute Gasteiger partial charge is 0.0386 e. The molecule has 1 aromatic carbocycles. The summed E-state index contributed by atoms with van der Waals surface area (Å²) in [6.45, 7) is 2.08. The third-order valence-electron chi connectivity index (χ3n) is 1.58. The van der Waals surface area contributed by atoms with Gasteiger partial charge < -0.3 is 0 Å². The van der Waals surface area contributed by atoms with Crippen molar-refractivity contribution in [2.45, 2.75) is 13.3 Å². The maximum atomic E-state index is 8.18. The normalized spacial score (nSPS) is 9.17. The lowest BCUT2D eigenvalue weighted by Gasteiger charge is -2.00. The number of aryl methyl sites for hydroxylation is 1. The van der Waals surface area contributed by atoms with Crippen molar-refractivity contribution in [2.75, 3.05) is 0 Å². The molecule has 0 saturated heterocycles. The molecular weight excluding hydrogens is 218 g/mol. The lowest BCUT2D eigenvalue weighted by atomic mass is 10.2. The van der Waals surface area contributed by atoms with E-state index in [4.69, 9.17) is 5.53 Å². The maximum Gasteiger partial charge on any atom is 0.0386 e. The van der Waals surface area contributed by atoms with Crippen molar-refractivity contribution in [3.63, 3.8) is 0 Å². The first kappa shape index (κ1) is 9.10. The molecule has 0 bridgehead atoms. The molecule has 3 nitrogen and oxygen atoms in total. The quantitative estimate of drug-likeness (QED) is 0.416. The van der Waals surface area contributed by atoms with Gasteiger partial charge in [-0.1, -0.05) is 40.1 Å². The van der Waals surface area contributed by atoms with E-state index in [1.54, 1.807) is 0 Å². The van der Waals surface area contributed by atoms with Gasteiger partial charge in [-0.05, 0) is 23.6 Å². The van der Waals surface area contributed by atoms with Crippen LogP contribution in [0.4, 0.5) is 5.69 Å². The molecule has 12 heavy (non-hydrogen) atoms. The van der Waals surface area contributed by atoms with Crippen molar-refractivity contribution < 1.29 is 0 Å². The highest BCUT2D eigenvalue weighted by Crippen LogP contribution is 2.23. The molecule has 0 aliphatic rings. The Bertz CT molecular complexity index is 329. The van der Waals surface area contributed by atoms with E-state index < -0.39 is 0 Å². The zero-order valence-corrected chi connectivity index (χ0v) is 8.24. The van der Waals surface area contributed by atoms with E-state index in [-0.39, 0.29) is 0 Å². The minimum Gasteiger partial charge on any atom is -0.0613 e. The zero-order valence-electron chi connectivity index (χ0n) is 6.66. The summed E-state index contributed by atoms with van der Waals surface area (Å²) in [6.07, 6.45) is 0.969. The molecule has 0 heterocycles. The van der Waals surface area contributed by atoms with E-state index in [2.05, 4.69) is 32.9 Å². The molecule has 0 unspecified atom stereocenters. The Morgan fingerprint density at radius 2 is 2.33 bits per heavy atom. The highest BCUT2D eigenvalue weighted by molar-refractivity contribution is 9.10. The SMILES string of the molecule is CCc1ccc(N=[N+]=[N-])cc1Br. The number of hydrogen-bond acceptors (Lipinski definition) is 1. The molecule has 1 rings (SSSR count). The van der Waals surface area contributed by atoms with E-state index in [0.717, 1.165) is 10.9 Å². The van der Waals surface area contributed by atoms with E-state index >= 15 is 0 Å². The Morgan fingerprint density at radius 1 is 1.58 bits per heavy atom. The monoisotopic (exact) mass is 225 g/mol. The summed E-state index contributed by atoms with van der Waals surface area (Å²) in [5.41, 5.74) is 10.0. The fourth-order valence-electron chi connectivity index (χ4n) is 0.937. The van der Waals surface area contributed by atoms with Gasteiger partial charge in [-0.15, -0.1) is 0 Å². The standard InChI is InChI=1S/C8H8BrN3/c1-2-6-3-4-7(11-12-10)5-8(6)9/h3-5H,2H2,1H3. The highest BCUT2D eigenvalue weighted by Gasteiger charge is 1.97. The average Bonchev–Trinajstić information content (AvgIpc) is 2.05. The first-order valence-corrected chi connectivity index (χ1v) is 4.40. The van der Waals surface area contributed by atoms with Crippen LogP contribution < -0.4 is 0 Å². The van der Waals surface area contributed by atoms with E-state index in [1.807, 2.05) is 18.2 Å². The van der Waals surface area contributed by atoms with Crippen molar-refractivity contribution in [2.24, 2.45) is 5.11 Å². The lowest BCUT2D eigenvalue weighted by Crippen LogP contribution is -1.80. The summed E-state index contributed by atoms with van der Waals surface area (Å²) in [6, 6.07) is 5.58. The summed E-state index contributed by atoms with van der Waals surface area (Å²) >= 11 is 3.39. The molecule has 0 radical (unpaired) electrons. The van der Waals surface area contributed by atoms with Gasteiger partial charge in [0.25, 0.3) is 0 Å². The molecule has 4 heteroatoms. The predicted molar refractivity (Wildman–Crippen MR) is 52.3 cm³/mol. The summed E-state index contributed by atoms with van der Waals surface area (Å²) in [5, 5.41) is 3.49. The summed E-state index contributed by atoms with van der Waals surface area (Å²) in [7, 11) is 0. The summed E-state index contributed by atoms with van der Waals surface area (Å²) < 4.78 is 0.995. The minimum atomic E-state index is 0.640. The third kappa shape index (κ3) is 2.00. The van der Waals surface area contributed by atoms with Crippen LogP contribution in [0.3, 0.4) is 0 Å². The van der Waals surface area contributed by atoms with Gasteiger partial charge in [0.15, 0.2) is 0 Å². The third-order valence-corrected chi connectivity index (χ3v) is 2.32. The molecule has 0 aliphatic heterocycles. The molecule has 0 amide bonds. The molecule has 0 saturated carbocycles. The summed E-state index contributed by atoms with van der Waals surface area (Å²) in [4.78, 5) is 2.71. The molecule has 0 spiro atoms. The fraction of sp³-hybridized carbons (Fsp3) is 0.250. The Balaban J connectivity index is 3.09. The van der Waals surface area contributed by atoms with Crippen molar-refractivity contribution in [3.8, 4) is 0 Å². The first-order chi connectivity index (χ1) is 5.77. The van der Waals surface area contributed by atoms with Crippen molar-refractivity contribution in [1.29, 1.82) is 0 Å². The van der Waals surface area contributed by atoms with Crippen molar-refractivity contribution in [3.05, 3.63) is 38.7 Å². The van der Waals surface area contributed by atoms with Crippen molar-refractivity contribution in [1.82, 2.24) is 0 Å². The van der Waals surface area contributed by atoms with Gasteiger partial charge in [0, 0.05) is 15.1 Å². The molecule has 62 valence electrons. The molecule has 1 aromatic rings. The van der Waals surface area contributed by atoms with Crippen LogP contribution in [0.15, 0.2) is 27.8 Å². The van der Waals surface area contributed by atoms with E-state index in [9.17, 15) is 0 Å². The highest BCUT2D eigenvalue weighted by atomic mass is 79.9. The molecule has 0 aliphatic carbocycles. The van der Waals surface area contributed by atoms with Gasteiger partial charge in [-0.2, -0.15) is 0 Å². The van der Waals surface area contributed by atoms with Crippen LogP contribution in [0.5, 0.6) is 0 Å². The summed E-state index contributed by atoms with van der Waals surface area (Å²) in [5.74, 6) is 0. The van der Waals surface area contributed by atoms with Crippen LogP contribution in [0.25, 0.3) is 10.4 Å². The van der Waals surface area contributed by atoms with Gasteiger partial charge in [0.1, 0.15) is 0 Å². The van der Waals surface area contributed by atoms with Crippen molar-refractivity contribution >= 4 is 21.6 Å². The molecule has 0 aromatic heterocycles. The van der Waals surface area contributed by atoms with Crippen LogP contribution >= 0.6 is 15.9 Å². The number of azide groups is 1. The van der Waals surface area contributed by atoms with Gasteiger partial charge >= 0.3 is 0 Å². The van der Waals surface area contributed by atoms with Gasteiger partial charge in [0.2, 0.25) is 0 Å². The fourth-order valence-corrected chi connectivity index (χ4v) is 1.58. The van der Waals surface area contributed by atoms with E-state index in [1.165, 1.54) is 5.56 Å². The first-order valence-electron chi connectivity index (χ1n) is 3.61. The minimum absolute atomic E-state index is 0.640. The second-order valence-corrected chi connectivity index (χ2v) is 3.17. The Hall–Kier alpha value is -0.990. The van der Waals surface area contributed by atoms with Crippen LogP contribution in [0, 0.1) is 0 Å². The topological polar surface area (TPSA) is 48.8 Å². The van der Waals surface area contributed by atoms with Crippen LogP contribution in [0.1, 0.15) is 12.5 Å². The van der Waals surface area contributed by atoms with Gasteiger partial charge in [-0.3, -0.25) is 0 Å². The molecular formula is C8H8BrN3.